The summed E-state index contributed by atoms with van der Waals surface area (Å²) in [5.74, 6) is 0.616. The van der Waals surface area contributed by atoms with Gasteiger partial charge in [0, 0.05) is 43.6 Å². The molecule has 3 heterocycles. The van der Waals surface area contributed by atoms with Crippen molar-refractivity contribution in [1.29, 1.82) is 0 Å². The van der Waals surface area contributed by atoms with Crippen molar-refractivity contribution in [2.75, 3.05) is 13.1 Å². The van der Waals surface area contributed by atoms with Crippen molar-refractivity contribution in [1.82, 2.24) is 25.0 Å². The van der Waals surface area contributed by atoms with Gasteiger partial charge in [-0.15, -0.1) is 0 Å². The summed E-state index contributed by atoms with van der Waals surface area (Å²) in [5, 5.41) is 8.07. The molecule has 1 aliphatic heterocycles. The lowest BCUT2D eigenvalue weighted by molar-refractivity contribution is 0.162. The molecule has 2 aromatic rings. The number of aromatic nitrogens is 3. The van der Waals surface area contributed by atoms with Gasteiger partial charge in [-0.2, -0.15) is 5.10 Å². The fourth-order valence-electron chi connectivity index (χ4n) is 3.58. The molecule has 25 heavy (non-hydrogen) atoms. The fraction of sp³-hybridized carbons (Fsp3) is 0.600. The Balaban J connectivity index is 1.71. The van der Waals surface area contributed by atoms with Gasteiger partial charge in [-0.05, 0) is 50.4 Å². The van der Waals surface area contributed by atoms with E-state index in [4.69, 9.17) is 0 Å². The zero-order chi connectivity index (χ0) is 17.5. The van der Waals surface area contributed by atoms with Crippen LogP contribution in [0.25, 0.3) is 0 Å². The van der Waals surface area contributed by atoms with Crippen molar-refractivity contribution < 1.29 is 0 Å². The third-order valence-electron chi connectivity index (χ3n) is 4.78. The van der Waals surface area contributed by atoms with Crippen molar-refractivity contribution in [2.24, 2.45) is 5.92 Å². The molecule has 1 aliphatic rings. The molecule has 0 aliphatic carbocycles. The maximum Gasteiger partial charge on any atom is 0.0544 e. The van der Waals surface area contributed by atoms with Crippen molar-refractivity contribution in [3.8, 4) is 0 Å². The van der Waals surface area contributed by atoms with Crippen LogP contribution in [0.3, 0.4) is 0 Å². The largest absolute Gasteiger partial charge is 0.317 e. The Morgan fingerprint density at radius 2 is 2.16 bits per heavy atom. The van der Waals surface area contributed by atoms with E-state index in [0.717, 1.165) is 38.4 Å². The zero-order valence-electron chi connectivity index (χ0n) is 15.6. The normalized spacial score (nSPS) is 18.6. The molecule has 2 aromatic heterocycles. The molecule has 1 unspecified atom stereocenters. The first kappa shape index (κ1) is 18.1. The van der Waals surface area contributed by atoms with E-state index in [-0.39, 0.29) is 0 Å². The molecule has 0 spiro atoms. The Labute approximate surface area is 151 Å². The number of hydrogen-bond acceptors (Lipinski definition) is 4. The molecule has 1 fully saturated rings. The highest BCUT2D eigenvalue weighted by Gasteiger charge is 2.21. The second-order valence-corrected chi connectivity index (χ2v) is 7.53. The van der Waals surface area contributed by atoms with E-state index in [1.165, 1.54) is 24.8 Å². The predicted octanol–water partition coefficient (Wildman–Crippen LogP) is 3.08. The minimum absolute atomic E-state index is 0.602. The van der Waals surface area contributed by atoms with Gasteiger partial charge in [0.25, 0.3) is 0 Å². The lowest BCUT2D eigenvalue weighted by Gasteiger charge is -2.30. The molecular formula is C20H31N5. The second kappa shape index (κ2) is 9.11. The summed E-state index contributed by atoms with van der Waals surface area (Å²) in [6.45, 7) is 9.53. The van der Waals surface area contributed by atoms with Crippen LogP contribution in [0.4, 0.5) is 0 Å². The summed E-state index contributed by atoms with van der Waals surface area (Å²) in [6.07, 6.45) is 9.83. The molecule has 0 aromatic carbocycles. The smallest absolute Gasteiger partial charge is 0.0544 e. The van der Waals surface area contributed by atoms with Gasteiger partial charge in [-0.1, -0.05) is 19.9 Å². The first-order valence-electron chi connectivity index (χ1n) is 9.56. The number of rotatable bonds is 7. The van der Waals surface area contributed by atoms with E-state index in [2.05, 4.69) is 57.2 Å². The van der Waals surface area contributed by atoms with Gasteiger partial charge >= 0.3 is 0 Å². The van der Waals surface area contributed by atoms with Gasteiger partial charge in [0.1, 0.15) is 0 Å². The molecule has 5 nitrogen and oxygen atoms in total. The molecular weight excluding hydrogens is 310 g/mol. The third-order valence-corrected chi connectivity index (χ3v) is 4.78. The number of pyridine rings is 1. The molecule has 1 N–H and O–H groups in total. The van der Waals surface area contributed by atoms with E-state index in [1.807, 2.05) is 18.5 Å². The number of nitrogens with one attached hydrogen (secondary N) is 1. The van der Waals surface area contributed by atoms with Crippen LogP contribution in [0.15, 0.2) is 36.8 Å². The van der Waals surface area contributed by atoms with E-state index in [0.29, 0.717) is 12.0 Å². The van der Waals surface area contributed by atoms with Crippen molar-refractivity contribution in [3.05, 3.63) is 48.0 Å². The van der Waals surface area contributed by atoms with Crippen LogP contribution in [0.1, 0.15) is 44.4 Å². The van der Waals surface area contributed by atoms with Gasteiger partial charge in [0.2, 0.25) is 0 Å². The van der Waals surface area contributed by atoms with Crippen LogP contribution in [0, 0.1) is 5.92 Å². The SMILES string of the molecule is CC(C)Cn1cc(CN(Cc2ccccn2)C2CCCNCC2)cn1. The number of nitrogens with zero attached hydrogens (tertiary/aromatic N) is 4. The first-order valence-corrected chi connectivity index (χ1v) is 9.56. The van der Waals surface area contributed by atoms with Crippen molar-refractivity contribution in [2.45, 2.75) is 58.8 Å². The molecule has 1 atom stereocenters. The van der Waals surface area contributed by atoms with Gasteiger partial charge in [-0.3, -0.25) is 14.6 Å². The molecule has 3 rings (SSSR count). The maximum atomic E-state index is 4.54. The third kappa shape index (κ3) is 5.65. The van der Waals surface area contributed by atoms with Gasteiger partial charge in [-0.25, -0.2) is 0 Å². The van der Waals surface area contributed by atoms with E-state index in [9.17, 15) is 0 Å². The molecule has 0 radical (unpaired) electrons. The Kier molecular flexibility index (Phi) is 6.59. The average Bonchev–Trinajstić information content (AvgIpc) is 2.85. The van der Waals surface area contributed by atoms with Crippen LogP contribution in [-0.2, 0) is 19.6 Å². The molecule has 136 valence electrons. The van der Waals surface area contributed by atoms with E-state index >= 15 is 0 Å². The molecule has 0 saturated carbocycles. The molecule has 0 amide bonds. The quantitative estimate of drug-likeness (QED) is 0.841. The standard InChI is InChI=1S/C20H31N5/c1-17(2)13-25-15-18(12-23-25)14-24(16-19-6-3-4-10-22-19)20-7-5-9-21-11-8-20/h3-4,6,10,12,15,17,20-21H,5,7-9,11,13-14,16H2,1-2H3. The predicted molar refractivity (Wildman–Crippen MR) is 101 cm³/mol. The van der Waals surface area contributed by atoms with Crippen molar-refractivity contribution >= 4 is 0 Å². The monoisotopic (exact) mass is 341 g/mol. The van der Waals surface area contributed by atoms with Crippen LogP contribution < -0.4 is 5.32 Å². The molecule has 5 heteroatoms. The summed E-state index contributed by atoms with van der Waals surface area (Å²) in [4.78, 5) is 7.13. The minimum Gasteiger partial charge on any atom is -0.317 e. The highest BCUT2D eigenvalue weighted by atomic mass is 15.3. The highest BCUT2D eigenvalue weighted by Crippen LogP contribution is 2.19. The first-order chi connectivity index (χ1) is 12.2. The summed E-state index contributed by atoms with van der Waals surface area (Å²) >= 11 is 0. The van der Waals surface area contributed by atoms with Crippen LogP contribution in [0.2, 0.25) is 0 Å². The fourth-order valence-corrected chi connectivity index (χ4v) is 3.58. The van der Waals surface area contributed by atoms with E-state index < -0.39 is 0 Å². The van der Waals surface area contributed by atoms with Crippen LogP contribution in [-0.4, -0.2) is 38.8 Å². The van der Waals surface area contributed by atoms with Crippen molar-refractivity contribution in [3.63, 3.8) is 0 Å². The highest BCUT2D eigenvalue weighted by molar-refractivity contribution is 5.07. The van der Waals surface area contributed by atoms with E-state index in [1.54, 1.807) is 0 Å². The van der Waals surface area contributed by atoms with Crippen LogP contribution in [0.5, 0.6) is 0 Å². The Morgan fingerprint density at radius 1 is 1.24 bits per heavy atom. The Morgan fingerprint density at radius 3 is 2.96 bits per heavy atom. The van der Waals surface area contributed by atoms with Gasteiger partial charge in [0.05, 0.1) is 11.9 Å². The van der Waals surface area contributed by atoms with Crippen LogP contribution >= 0.6 is 0 Å². The van der Waals surface area contributed by atoms with Gasteiger partial charge < -0.3 is 5.32 Å². The Hall–Kier alpha value is -1.72. The lowest BCUT2D eigenvalue weighted by Crippen LogP contribution is -2.35. The number of hydrogen-bond donors (Lipinski definition) is 1. The maximum absolute atomic E-state index is 4.54. The molecule has 0 bridgehead atoms. The molecule has 1 saturated heterocycles. The van der Waals surface area contributed by atoms with Gasteiger partial charge in [0.15, 0.2) is 0 Å². The zero-order valence-corrected chi connectivity index (χ0v) is 15.6. The second-order valence-electron chi connectivity index (χ2n) is 7.53. The topological polar surface area (TPSA) is 46.0 Å². The summed E-state index contributed by atoms with van der Waals surface area (Å²) in [5.41, 5.74) is 2.45. The Bertz CT molecular complexity index is 614. The summed E-state index contributed by atoms with van der Waals surface area (Å²) in [6, 6.07) is 6.80. The summed E-state index contributed by atoms with van der Waals surface area (Å²) in [7, 11) is 0. The average molecular weight is 342 g/mol. The minimum atomic E-state index is 0.602. The summed E-state index contributed by atoms with van der Waals surface area (Å²) < 4.78 is 2.08. The lowest BCUT2D eigenvalue weighted by atomic mass is 10.1.